The van der Waals surface area contributed by atoms with Crippen molar-refractivity contribution in [3.63, 3.8) is 0 Å². The van der Waals surface area contributed by atoms with Crippen molar-refractivity contribution < 1.29 is 31.3 Å². The topological polar surface area (TPSA) is 26.3 Å². The summed E-state index contributed by atoms with van der Waals surface area (Å²) in [5.74, 6) is -0.912. The molecule has 0 aliphatic heterocycles. The molecule has 0 saturated carbocycles. The van der Waals surface area contributed by atoms with Crippen LogP contribution in [0.5, 0.6) is 0 Å². The second-order valence-electron chi connectivity index (χ2n) is 0.569. The van der Waals surface area contributed by atoms with Crippen molar-refractivity contribution in [1.29, 1.82) is 0 Å². The van der Waals surface area contributed by atoms with Crippen molar-refractivity contribution in [3.05, 3.63) is 0 Å². The molecule has 0 unspecified atom stereocenters. The van der Waals surface area contributed by atoms with E-state index < -0.39 is 5.97 Å². The van der Waals surface area contributed by atoms with Crippen LogP contribution in [0.25, 0.3) is 0 Å². The van der Waals surface area contributed by atoms with Crippen LogP contribution < -0.4 is 0 Å². The number of carbonyl (C=O) groups is 1. The second kappa shape index (κ2) is 4.92. The van der Waals surface area contributed by atoms with E-state index in [4.69, 9.17) is 0 Å². The van der Waals surface area contributed by atoms with Crippen molar-refractivity contribution >= 4 is 5.97 Å². The van der Waals surface area contributed by atoms with Crippen molar-refractivity contribution in [2.75, 3.05) is 0 Å². The van der Waals surface area contributed by atoms with Gasteiger partial charge in [-0.1, -0.05) is 0 Å². The summed E-state index contributed by atoms with van der Waals surface area (Å²) in [6.07, 6.45) is 0. The minimum atomic E-state index is -0.912. The third kappa shape index (κ3) is 9.07. The van der Waals surface area contributed by atoms with Gasteiger partial charge in [0.15, 0.2) is 0 Å². The van der Waals surface area contributed by atoms with Crippen LogP contribution in [0.1, 0.15) is 6.92 Å². The number of hydrogen-bond acceptors (Lipinski definition) is 2. The summed E-state index contributed by atoms with van der Waals surface area (Å²) in [4.78, 5) is 11.8. The molecular formula is C2H3CuFO2. The minimum absolute atomic E-state index is 0. The van der Waals surface area contributed by atoms with Gasteiger partial charge >= 0.3 is 5.97 Å². The van der Waals surface area contributed by atoms with E-state index in [-0.39, 0.29) is 17.1 Å². The number of rotatable bonds is 0. The molecule has 0 fully saturated rings. The van der Waals surface area contributed by atoms with Gasteiger partial charge in [0.25, 0.3) is 0 Å². The third-order valence-corrected chi connectivity index (χ3v) is 0.109. The van der Waals surface area contributed by atoms with Crippen molar-refractivity contribution in [3.8, 4) is 0 Å². The fraction of sp³-hybridized carbons (Fsp3) is 0.500. The molecule has 0 N–H and O–H groups in total. The predicted octanol–water partition coefficient (Wildman–Crippen LogP) is 0.431. The fourth-order valence-electron chi connectivity index (χ4n) is 0. The van der Waals surface area contributed by atoms with Crippen LogP contribution in [0.2, 0.25) is 0 Å². The van der Waals surface area contributed by atoms with Crippen LogP contribution in [0, 0.1) is 0 Å². The summed E-state index contributed by atoms with van der Waals surface area (Å²) >= 11 is 0. The van der Waals surface area contributed by atoms with E-state index in [1.807, 2.05) is 0 Å². The van der Waals surface area contributed by atoms with Crippen LogP contribution in [0.4, 0.5) is 4.53 Å². The van der Waals surface area contributed by atoms with Gasteiger partial charge in [0, 0.05) is 28.5 Å². The molecule has 0 aromatic heterocycles. The molecule has 4 heteroatoms. The quantitative estimate of drug-likeness (QED) is 0.458. The van der Waals surface area contributed by atoms with E-state index in [1.165, 1.54) is 0 Å². The smallest absolute Gasteiger partial charge is 0.255 e. The molecule has 0 bridgehead atoms. The Kier molecular flexibility index (Phi) is 7.65. The zero-order chi connectivity index (χ0) is 4.28. The first-order valence-corrected chi connectivity index (χ1v) is 1.06. The molecule has 0 atom stereocenters. The molecule has 0 rings (SSSR count). The van der Waals surface area contributed by atoms with Crippen LogP contribution in [-0.4, -0.2) is 5.97 Å². The molecule has 6 heavy (non-hydrogen) atoms. The van der Waals surface area contributed by atoms with Gasteiger partial charge in [-0.25, -0.2) is 4.79 Å². The predicted molar refractivity (Wildman–Crippen MR) is 12.9 cm³/mol. The first-order valence-electron chi connectivity index (χ1n) is 1.06. The summed E-state index contributed by atoms with van der Waals surface area (Å²) < 4.78 is 10.3. The Balaban J connectivity index is 0. The molecule has 0 aromatic carbocycles. The largest absolute Gasteiger partial charge is 0.345 e. The number of hydrogen-bond donors (Lipinski definition) is 0. The summed E-state index contributed by atoms with van der Waals surface area (Å²) in [6.45, 7) is 0.986. The molecule has 41 valence electrons. The van der Waals surface area contributed by atoms with Crippen LogP contribution in [0.15, 0.2) is 0 Å². The average Bonchev–Trinajstić information content (AvgIpc) is 1.38. The van der Waals surface area contributed by atoms with Crippen molar-refractivity contribution in [1.82, 2.24) is 0 Å². The fourth-order valence-corrected chi connectivity index (χ4v) is 0. The summed E-state index contributed by atoms with van der Waals surface area (Å²) in [5, 5.41) is 0. The maximum Gasteiger partial charge on any atom is 0.345 e. The SMILES string of the molecule is CC(=O)OF.[Cu]. The van der Waals surface area contributed by atoms with E-state index in [0.717, 1.165) is 6.92 Å². The normalized spacial score (nSPS) is 5.67. The zero-order valence-electron chi connectivity index (χ0n) is 3.00. The molecule has 0 amide bonds. The Hall–Kier alpha value is -0.0805. The molecular weight excluding hydrogens is 139 g/mol. The Morgan fingerprint density at radius 3 is 2.00 bits per heavy atom. The molecule has 0 saturated heterocycles. The molecule has 0 heterocycles. The minimum Gasteiger partial charge on any atom is -0.255 e. The first kappa shape index (κ1) is 9.33. The van der Waals surface area contributed by atoms with Gasteiger partial charge in [0.05, 0.1) is 0 Å². The Bertz CT molecular complexity index is 46.8. The van der Waals surface area contributed by atoms with Crippen LogP contribution >= 0.6 is 0 Å². The standard InChI is InChI=1S/C2H3FO2.Cu/c1-2(4)5-3;/h1H3;. The molecule has 1 radical (unpaired) electrons. The van der Waals surface area contributed by atoms with Gasteiger partial charge in [-0.15, -0.1) is 0 Å². The number of carbonyl (C=O) groups excluding carboxylic acids is 1. The van der Waals surface area contributed by atoms with Gasteiger partial charge < -0.3 is 0 Å². The molecule has 0 aliphatic carbocycles. The Morgan fingerprint density at radius 1 is 1.83 bits per heavy atom. The molecule has 0 aromatic rings. The van der Waals surface area contributed by atoms with Gasteiger partial charge in [-0.2, -0.15) is 0 Å². The van der Waals surface area contributed by atoms with E-state index in [9.17, 15) is 9.32 Å². The maximum atomic E-state index is 10.3. The summed E-state index contributed by atoms with van der Waals surface area (Å²) in [7, 11) is 0. The third-order valence-electron chi connectivity index (χ3n) is 0.109. The average molecular weight is 142 g/mol. The van der Waals surface area contributed by atoms with Gasteiger partial charge in [0.2, 0.25) is 0 Å². The first-order chi connectivity index (χ1) is 2.27. The van der Waals surface area contributed by atoms with Crippen molar-refractivity contribution in [2.45, 2.75) is 6.92 Å². The zero-order valence-corrected chi connectivity index (χ0v) is 3.94. The van der Waals surface area contributed by atoms with E-state index >= 15 is 0 Å². The van der Waals surface area contributed by atoms with E-state index in [1.54, 1.807) is 0 Å². The Labute approximate surface area is 45.0 Å². The molecule has 2 nitrogen and oxygen atoms in total. The van der Waals surface area contributed by atoms with Gasteiger partial charge in [0.1, 0.15) is 0 Å². The van der Waals surface area contributed by atoms with Gasteiger partial charge in [-0.3, -0.25) is 4.94 Å². The Morgan fingerprint density at radius 2 is 2.00 bits per heavy atom. The number of halogens is 1. The van der Waals surface area contributed by atoms with E-state index in [2.05, 4.69) is 4.94 Å². The summed E-state index contributed by atoms with van der Waals surface area (Å²) in [6, 6.07) is 0. The van der Waals surface area contributed by atoms with Crippen molar-refractivity contribution in [2.24, 2.45) is 0 Å². The molecule has 0 spiro atoms. The summed E-state index contributed by atoms with van der Waals surface area (Å²) in [5.41, 5.74) is 0. The molecule has 0 aliphatic rings. The van der Waals surface area contributed by atoms with E-state index in [0.29, 0.717) is 0 Å². The van der Waals surface area contributed by atoms with Gasteiger partial charge in [-0.05, 0) is 0 Å². The second-order valence-corrected chi connectivity index (χ2v) is 0.569. The van der Waals surface area contributed by atoms with Crippen LogP contribution in [-0.2, 0) is 26.8 Å². The monoisotopic (exact) mass is 141 g/mol. The maximum absolute atomic E-state index is 10.3. The van der Waals surface area contributed by atoms with Crippen LogP contribution in [0.3, 0.4) is 0 Å².